The lowest BCUT2D eigenvalue weighted by atomic mass is 9.99. The molecule has 0 atom stereocenters. The van der Waals surface area contributed by atoms with Crippen LogP contribution >= 0.6 is 22.7 Å². The highest BCUT2D eigenvalue weighted by Crippen LogP contribution is 2.40. The summed E-state index contributed by atoms with van der Waals surface area (Å²) in [6.07, 6.45) is 3.17. The van der Waals surface area contributed by atoms with Crippen molar-refractivity contribution in [1.29, 1.82) is 0 Å². The molecule has 8 heteroatoms. The SMILES string of the molecule is Nc1ncnc2scc(-c3ccc4c(-c5nccs5)cc(-c5ccccc5)nc4c3F)c12. The van der Waals surface area contributed by atoms with Gasteiger partial charge in [-0.2, -0.15) is 0 Å². The molecule has 0 fully saturated rings. The molecule has 0 aliphatic heterocycles. The van der Waals surface area contributed by atoms with E-state index in [1.165, 1.54) is 29.0 Å². The molecule has 154 valence electrons. The number of aromatic nitrogens is 4. The number of nitrogens with two attached hydrogens (primary N) is 1. The molecule has 4 heterocycles. The lowest BCUT2D eigenvalue weighted by Gasteiger charge is -2.12. The Morgan fingerprint density at radius 2 is 1.75 bits per heavy atom. The van der Waals surface area contributed by atoms with Crippen LogP contribution in [0.15, 0.2) is 71.8 Å². The van der Waals surface area contributed by atoms with Crippen molar-refractivity contribution in [3.8, 4) is 33.0 Å². The van der Waals surface area contributed by atoms with Gasteiger partial charge in [0.15, 0.2) is 5.82 Å². The summed E-state index contributed by atoms with van der Waals surface area (Å²) in [4.78, 5) is 18.3. The predicted octanol–water partition coefficient (Wildman–Crippen LogP) is 6.42. The van der Waals surface area contributed by atoms with Gasteiger partial charge in [-0.3, -0.25) is 0 Å². The van der Waals surface area contributed by atoms with E-state index in [2.05, 4.69) is 15.0 Å². The van der Waals surface area contributed by atoms with Gasteiger partial charge in [0.25, 0.3) is 0 Å². The molecule has 6 aromatic rings. The third-order valence-electron chi connectivity index (χ3n) is 5.34. The Morgan fingerprint density at radius 3 is 2.56 bits per heavy atom. The van der Waals surface area contributed by atoms with Crippen LogP contribution in [0.25, 0.3) is 54.1 Å². The van der Waals surface area contributed by atoms with E-state index in [9.17, 15) is 0 Å². The number of thiophene rings is 1. The second-order valence-corrected chi connectivity index (χ2v) is 8.92. The van der Waals surface area contributed by atoms with Crippen LogP contribution in [0.5, 0.6) is 0 Å². The molecular weight excluding hydrogens is 441 g/mol. The number of anilines is 1. The number of rotatable bonds is 3. The number of hydrogen-bond donors (Lipinski definition) is 1. The van der Waals surface area contributed by atoms with Gasteiger partial charge in [-0.1, -0.05) is 42.5 Å². The van der Waals surface area contributed by atoms with E-state index in [4.69, 9.17) is 10.7 Å². The maximum Gasteiger partial charge on any atom is 0.157 e. The van der Waals surface area contributed by atoms with E-state index in [0.717, 1.165) is 21.0 Å². The van der Waals surface area contributed by atoms with Gasteiger partial charge in [0, 0.05) is 44.6 Å². The number of halogens is 1. The average molecular weight is 456 g/mol. The zero-order valence-corrected chi connectivity index (χ0v) is 18.1. The third kappa shape index (κ3) is 2.96. The van der Waals surface area contributed by atoms with Crippen molar-refractivity contribution in [2.24, 2.45) is 0 Å². The Kier molecular flexibility index (Phi) is 4.41. The number of nitrogen functional groups attached to an aromatic ring is 1. The van der Waals surface area contributed by atoms with Gasteiger partial charge < -0.3 is 5.73 Å². The van der Waals surface area contributed by atoms with E-state index >= 15 is 4.39 Å². The number of benzene rings is 2. The molecule has 0 radical (unpaired) electrons. The quantitative estimate of drug-likeness (QED) is 0.333. The lowest BCUT2D eigenvalue weighted by Crippen LogP contribution is -1.96. The number of fused-ring (bicyclic) bond motifs is 2. The van der Waals surface area contributed by atoms with Gasteiger partial charge in [0.2, 0.25) is 0 Å². The minimum atomic E-state index is -0.402. The Balaban J connectivity index is 1.67. The summed E-state index contributed by atoms with van der Waals surface area (Å²) in [6.45, 7) is 0. The first kappa shape index (κ1) is 19.0. The average Bonchev–Trinajstić information content (AvgIpc) is 3.51. The van der Waals surface area contributed by atoms with Crippen molar-refractivity contribution in [2.45, 2.75) is 0 Å². The van der Waals surface area contributed by atoms with E-state index in [1.807, 2.05) is 53.2 Å². The molecule has 0 spiro atoms. The molecule has 4 aromatic heterocycles. The smallest absolute Gasteiger partial charge is 0.157 e. The largest absolute Gasteiger partial charge is 0.383 e. The highest BCUT2D eigenvalue weighted by Gasteiger charge is 2.20. The molecule has 0 amide bonds. The van der Waals surface area contributed by atoms with Crippen LogP contribution in [-0.2, 0) is 0 Å². The monoisotopic (exact) mass is 455 g/mol. The van der Waals surface area contributed by atoms with Crippen LogP contribution in [0.3, 0.4) is 0 Å². The van der Waals surface area contributed by atoms with Crippen molar-refractivity contribution in [3.05, 3.63) is 77.6 Å². The van der Waals surface area contributed by atoms with Gasteiger partial charge in [0.05, 0.1) is 11.1 Å². The molecule has 32 heavy (non-hydrogen) atoms. The molecule has 0 saturated heterocycles. The summed E-state index contributed by atoms with van der Waals surface area (Å²) in [5.74, 6) is -0.0683. The zero-order valence-electron chi connectivity index (χ0n) is 16.5. The fourth-order valence-electron chi connectivity index (χ4n) is 3.85. The molecule has 0 unspecified atom stereocenters. The van der Waals surface area contributed by atoms with E-state index in [-0.39, 0.29) is 0 Å². The van der Waals surface area contributed by atoms with Gasteiger partial charge in [-0.25, -0.2) is 24.3 Å². The van der Waals surface area contributed by atoms with Crippen molar-refractivity contribution >= 4 is 49.6 Å². The minimum Gasteiger partial charge on any atom is -0.383 e. The summed E-state index contributed by atoms with van der Waals surface area (Å²) in [5, 5.41) is 5.97. The Morgan fingerprint density at radius 1 is 0.875 bits per heavy atom. The number of thiazole rings is 1. The van der Waals surface area contributed by atoms with Crippen LogP contribution < -0.4 is 5.73 Å². The molecule has 2 N–H and O–H groups in total. The van der Waals surface area contributed by atoms with Crippen LogP contribution in [0.2, 0.25) is 0 Å². The molecule has 0 bridgehead atoms. The molecule has 0 saturated carbocycles. The maximum absolute atomic E-state index is 16.1. The molecular formula is C24H14FN5S2. The first-order valence-electron chi connectivity index (χ1n) is 9.77. The van der Waals surface area contributed by atoms with Gasteiger partial charge in [-0.05, 0) is 6.07 Å². The standard InChI is InChI=1S/C24H14FN5S2/c25-20-14(17-11-32-24-19(17)22(26)28-12-29-24)6-7-15-16(23-27-8-9-31-23)10-18(30-21(15)20)13-4-2-1-3-5-13/h1-12H,(H2,26,28,29). The Labute approximate surface area is 190 Å². The Bertz CT molecular complexity index is 1590. The highest BCUT2D eigenvalue weighted by molar-refractivity contribution is 7.17. The van der Waals surface area contributed by atoms with Crippen molar-refractivity contribution < 1.29 is 4.39 Å². The third-order valence-corrected chi connectivity index (χ3v) is 7.03. The topological polar surface area (TPSA) is 77.6 Å². The molecule has 6 rings (SSSR count). The van der Waals surface area contributed by atoms with Crippen LogP contribution in [0.4, 0.5) is 10.2 Å². The minimum absolute atomic E-state index is 0.295. The van der Waals surface area contributed by atoms with Crippen molar-refractivity contribution in [1.82, 2.24) is 19.9 Å². The van der Waals surface area contributed by atoms with Crippen LogP contribution in [-0.4, -0.2) is 19.9 Å². The first-order valence-corrected chi connectivity index (χ1v) is 11.5. The zero-order chi connectivity index (χ0) is 21.7. The van der Waals surface area contributed by atoms with E-state index in [0.29, 0.717) is 38.9 Å². The summed E-state index contributed by atoms with van der Waals surface area (Å²) in [7, 11) is 0. The number of nitrogens with zero attached hydrogens (tertiary/aromatic N) is 4. The highest BCUT2D eigenvalue weighted by atomic mass is 32.1. The summed E-state index contributed by atoms with van der Waals surface area (Å²) < 4.78 is 16.1. The second kappa shape index (κ2) is 7.44. The number of hydrogen-bond acceptors (Lipinski definition) is 7. The molecule has 5 nitrogen and oxygen atoms in total. The predicted molar refractivity (Wildman–Crippen MR) is 129 cm³/mol. The van der Waals surface area contributed by atoms with Gasteiger partial charge in [0.1, 0.15) is 27.5 Å². The fourth-order valence-corrected chi connectivity index (χ4v) is 5.44. The maximum atomic E-state index is 16.1. The lowest BCUT2D eigenvalue weighted by molar-refractivity contribution is 0.640. The van der Waals surface area contributed by atoms with E-state index in [1.54, 1.807) is 12.3 Å². The fraction of sp³-hybridized carbons (Fsp3) is 0. The Hall–Kier alpha value is -3.75. The van der Waals surface area contributed by atoms with Crippen LogP contribution in [0, 0.1) is 5.82 Å². The number of pyridine rings is 1. The molecule has 2 aromatic carbocycles. The van der Waals surface area contributed by atoms with Crippen molar-refractivity contribution in [2.75, 3.05) is 5.73 Å². The van der Waals surface area contributed by atoms with Gasteiger partial charge in [-0.15, -0.1) is 22.7 Å². The summed E-state index contributed by atoms with van der Waals surface area (Å²) in [6, 6.07) is 15.4. The van der Waals surface area contributed by atoms with E-state index < -0.39 is 5.82 Å². The molecule has 0 aliphatic rings. The molecule has 0 aliphatic carbocycles. The summed E-state index contributed by atoms with van der Waals surface area (Å²) in [5.41, 5.74) is 9.95. The van der Waals surface area contributed by atoms with Crippen molar-refractivity contribution in [3.63, 3.8) is 0 Å². The summed E-state index contributed by atoms with van der Waals surface area (Å²) >= 11 is 2.93. The van der Waals surface area contributed by atoms with Crippen LogP contribution in [0.1, 0.15) is 0 Å². The van der Waals surface area contributed by atoms with Gasteiger partial charge >= 0.3 is 0 Å². The second-order valence-electron chi connectivity index (χ2n) is 7.17. The normalized spacial score (nSPS) is 11.4. The first-order chi connectivity index (χ1) is 15.7.